The Morgan fingerprint density at radius 3 is 2.48 bits per heavy atom. The van der Waals surface area contributed by atoms with Crippen molar-refractivity contribution >= 4 is 35.7 Å². The molecule has 0 saturated heterocycles. The van der Waals surface area contributed by atoms with Crippen molar-refractivity contribution in [3.63, 3.8) is 0 Å². The van der Waals surface area contributed by atoms with Gasteiger partial charge in [0.25, 0.3) is 0 Å². The quantitative estimate of drug-likeness (QED) is 0.450. The van der Waals surface area contributed by atoms with E-state index in [9.17, 15) is 4.79 Å². The van der Waals surface area contributed by atoms with Crippen LogP contribution in [-0.2, 0) is 29.3 Å². The fraction of sp³-hybridized carbons (Fsp3) is 0.176. The minimum atomic E-state index is -1.80. The average molecular weight is 517 g/mol. The van der Waals surface area contributed by atoms with Gasteiger partial charge in [-0.15, -0.1) is 0 Å². The fourth-order valence-electron chi connectivity index (χ4n) is 1.98. The van der Waals surface area contributed by atoms with Gasteiger partial charge in [-0.3, -0.25) is 0 Å². The Bertz CT molecular complexity index is 715. The van der Waals surface area contributed by atoms with Gasteiger partial charge < -0.3 is 0 Å². The minimum absolute atomic E-state index is 0.0333. The third kappa shape index (κ3) is 5.32. The predicted molar refractivity (Wildman–Crippen MR) is 91.5 cm³/mol. The van der Waals surface area contributed by atoms with Crippen LogP contribution < -0.4 is 7.97 Å². The number of halogens is 1. The summed E-state index contributed by atoms with van der Waals surface area (Å²) in [5, 5.41) is 0.666. The monoisotopic (exact) mass is 518 g/mol. The number of anilines is 1. The molecule has 0 bridgehead atoms. The molecule has 0 heterocycles. The van der Waals surface area contributed by atoms with Crippen molar-refractivity contribution in [2.75, 3.05) is 26.1 Å². The summed E-state index contributed by atoms with van der Waals surface area (Å²) in [6, 6.07) is 13.6. The number of carbonyl (C=O) groups excluding carboxylic acids is 1. The molecule has 0 amide bonds. The summed E-state index contributed by atoms with van der Waals surface area (Å²) in [5.74, 6) is 0. The first-order valence-electron chi connectivity index (χ1n) is 7.16. The number of hydrogen-bond donors (Lipinski definition) is 0. The number of benzene rings is 2. The Morgan fingerprint density at radius 1 is 1.22 bits per heavy atom. The van der Waals surface area contributed by atoms with E-state index >= 15 is 0 Å². The van der Waals surface area contributed by atoms with Crippen molar-refractivity contribution in [2.45, 2.75) is 0 Å². The zero-order valence-electron chi connectivity index (χ0n) is 13.4. The van der Waals surface area contributed by atoms with Crippen molar-refractivity contribution in [1.29, 1.82) is 0 Å². The zero-order chi connectivity index (χ0) is 16.8. The molecule has 0 atom stereocenters. The Balaban J connectivity index is 2.09. The molecule has 4 nitrogen and oxygen atoms in total. The van der Waals surface area contributed by atoms with Crippen molar-refractivity contribution < 1.29 is 34.1 Å². The first-order chi connectivity index (χ1) is 11.0. The van der Waals surface area contributed by atoms with E-state index in [0.29, 0.717) is 5.02 Å². The van der Waals surface area contributed by atoms with E-state index in [-0.39, 0.29) is 3.48 Å². The fourth-order valence-corrected chi connectivity index (χ4v) is 5.89. The molecule has 0 saturated carbocycles. The SMILES string of the molecule is CO[C](=O)[Hg][c]1ccc(N=Cc2ccc(N(C)C)cc2Cl)cc1. The Labute approximate surface area is 153 Å². The van der Waals surface area contributed by atoms with Crippen molar-refractivity contribution in [3.05, 3.63) is 53.1 Å². The second kappa shape index (κ2) is 8.46. The van der Waals surface area contributed by atoms with Crippen LogP contribution in [0.2, 0.25) is 5.02 Å². The van der Waals surface area contributed by atoms with Crippen LogP contribution in [0, 0.1) is 0 Å². The molecular formula is C17H17ClHgN2O2. The maximum atomic E-state index is 11.3. The normalized spacial score (nSPS) is 10.4. The average Bonchev–Trinajstić information content (AvgIpc) is 2.54. The predicted octanol–water partition coefficient (Wildman–Crippen LogP) is 3.63. The number of aliphatic imine (C=N–C) groups is 1. The number of rotatable bonds is 5. The van der Waals surface area contributed by atoms with Crippen LogP contribution in [-0.4, -0.2) is 30.9 Å². The molecule has 2 aromatic rings. The van der Waals surface area contributed by atoms with E-state index in [0.717, 1.165) is 20.0 Å². The topological polar surface area (TPSA) is 41.9 Å². The molecular weight excluding hydrogens is 500 g/mol. The summed E-state index contributed by atoms with van der Waals surface area (Å²) in [7, 11) is 5.38. The van der Waals surface area contributed by atoms with Crippen LogP contribution in [0.25, 0.3) is 0 Å². The summed E-state index contributed by atoms with van der Waals surface area (Å²) in [4.78, 5) is 17.8. The van der Waals surface area contributed by atoms with Gasteiger partial charge in [0, 0.05) is 0 Å². The third-order valence-electron chi connectivity index (χ3n) is 3.37. The summed E-state index contributed by atoms with van der Waals surface area (Å²) in [6.45, 7) is 0. The van der Waals surface area contributed by atoms with Crippen LogP contribution >= 0.6 is 11.6 Å². The summed E-state index contributed by atoms with van der Waals surface area (Å²) < 4.78 is 5.82. The number of nitrogens with zero attached hydrogens (tertiary/aromatic N) is 2. The second-order valence-corrected chi connectivity index (χ2v) is 12.5. The van der Waals surface area contributed by atoms with E-state index in [1.165, 1.54) is 7.11 Å². The number of methoxy groups -OCH3 is 1. The summed E-state index contributed by atoms with van der Waals surface area (Å²) in [5.41, 5.74) is 2.75. The maximum absolute atomic E-state index is 11.3. The van der Waals surface area contributed by atoms with Gasteiger partial charge >= 0.3 is 154 Å². The van der Waals surface area contributed by atoms with Crippen LogP contribution in [0.5, 0.6) is 0 Å². The Morgan fingerprint density at radius 2 is 1.91 bits per heavy atom. The first-order valence-corrected chi connectivity index (χ1v) is 13.0. The molecule has 23 heavy (non-hydrogen) atoms. The van der Waals surface area contributed by atoms with Crippen molar-refractivity contribution in [1.82, 2.24) is 0 Å². The van der Waals surface area contributed by atoms with E-state index in [1.807, 2.05) is 61.5 Å². The summed E-state index contributed by atoms with van der Waals surface area (Å²) >= 11 is 4.48. The number of carbonyl (C=O) groups is 1. The summed E-state index contributed by atoms with van der Waals surface area (Å²) in [6.07, 6.45) is 1.75. The molecule has 2 rings (SSSR count). The van der Waals surface area contributed by atoms with Crippen LogP contribution in [0.1, 0.15) is 5.56 Å². The van der Waals surface area contributed by atoms with E-state index in [2.05, 4.69) is 4.99 Å². The third-order valence-corrected chi connectivity index (χ3v) is 9.36. The second-order valence-electron chi connectivity index (χ2n) is 5.28. The van der Waals surface area contributed by atoms with E-state index in [1.54, 1.807) is 6.21 Å². The first kappa shape index (κ1) is 18.0. The van der Waals surface area contributed by atoms with Gasteiger partial charge in [0.2, 0.25) is 0 Å². The van der Waals surface area contributed by atoms with Crippen molar-refractivity contribution in [2.24, 2.45) is 4.99 Å². The molecule has 2 aromatic carbocycles. The number of hydrogen-bond acceptors (Lipinski definition) is 4. The van der Waals surface area contributed by atoms with Gasteiger partial charge in [0.05, 0.1) is 0 Å². The molecule has 0 aliphatic carbocycles. The van der Waals surface area contributed by atoms with Gasteiger partial charge in [-0.2, -0.15) is 0 Å². The molecule has 0 radical (unpaired) electrons. The van der Waals surface area contributed by atoms with Gasteiger partial charge in [0.1, 0.15) is 0 Å². The van der Waals surface area contributed by atoms with Gasteiger partial charge in [0.15, 0.2) is 0 Å². The molecule has 116 valence electrons. The molecule has 0 N–H and O–H groups in total. The van der Waals surface area contributed by atoms with E-state index in [4.69, 9.17) is 16.3 Å². The number of ether oxygens (including phenoxy) is 1. The van der Waals surface area contributed by atoms with Gasteiger partial charge in [-0.05, 0) is 0 Å². The van der Waals surface area contributed by atoms with Crippen LogP contribution in [0.4, 0.5) is 16.2 Å². The molecule has 0 aliphatic rings. The molecule has 0 aliphatic heterocycles. The Hall–Kier alpha value is -1.39. The van der Waals surface area contributed by atoms with Crippen LogP contribution in [0.3, 0.4) is 0 Å². The molecule has 0 fully saturated rings. The standard InChI is InChI=1S/C15H14ClN2.C2H3O2.Hg/c1-18(2)14-9-8-12(15(16)10-14)11-17-13-6-4-3-5-7-13;1-4-2-3;/h4-11H,1-2H3;1H3;. The Kier molecular flexibility index (Phi) is 6.60. The molecule has 0 unspecified atom stereocenters. The van der Waals surface area contributed by atoms with E-state index < -0.39 is 24.6 Å². The van der Waals surface area contributed by atoms with Crippen molar-refractivity contribution in [3.8, 4) is 0 Å². The van der Waals surface area contributed by atoms with Gasteiger partial charge in [-0.1, -0.05) is 0 Å². The molecule has 0 aromatic heterocycles. The van der Waals surface area contributed by atoms with Gasteiger partial charge in [-0.25, -0.2) is 0 Å². The zero-order valence-corrected chi connectivity index (χ0v) is 19.7. The van der Waals surface area contributed by atoms with Crippen LogP contribution in [0.15, 0.2) is 47.5 Å². The molecule has 6 heteroatoms. The molecule has 0 spiro atoms.